The average Bonchev–Trinajstić information content (AvgIpc) is 2.79. The number of nitrogens with one attached hydrogen (secondary N) is 1. The molecule has 7 heteroatoms. The second kappa shape index (κ2) is 4.20. The van der Waals surface area contributed by atoms with E-state index in [1.807, 2.05) is 0 Å². The minimum atomic E-state index is -0.923. The Hall–Kier alpha value is -2.44. The van der Waals surface area contributed by atoms with Gasteiger partial charge in [-0.05, 0) is 6.07 Å². The van der Waals surface area contributed by atoms with Gasteiger partial charge < -0.3 is 15.6 Å². The fourth-order valence-corrected chi connectivity index (χ4v) is 1.18. The summed E-state index contributed by atoms with van der Waals surface area (Å²) in [5.74, 6) is -2.49. The summed E-state index contributed by atoms with van der Waals surface area (Å²) in [5.41, 5.74) is 4.75. The zero-order valence-electron chi connectivity index (χ0n) is 8.41. The van der Waals surface area contributed by atoms with E-state index in [1.54, 1.807) is 0 Å². The topological polar surface area (TPSA) is 81.1 Å². The maximum absolute atomic E-state index is 13.3. The lowest BCUT2D eigenvalue weighted by atomic mass is 10.2. The molecule has 0 saturated heterocycles. The lowest BCUT2D eigenvalue weighted by molar-refractivity contribution is 0.101. The van der Waals surface area contributed by atoms with E-state index in [0.29, 0.717) is 6.07 Å². The lowest BCUT2D eigenvalue weighted by Crippen LogP contribution is -2.13. The third-order valence-corrected chi connectivity index (χ3v) is 2.01. The van der Waals surface area contributed by atoms with Crippen LogP contribution >= 0.6 is 0 Å². The summed E-state index contributed by atoms with van der Waals surface area (Å²) in [7, 11) is 0. The summed E-state index contributed by atoms with van der Waals surface area (Å²) in [6, 6.07) is 2.89. The van der Waals surface area contributed by atoms with Crippen molar-refractivity contribution >= 4 is 17.3 Å². The SMILES string of the molecule is Nc1cc(NC(=O)c2ccon2)c(F)cc1F. The van der Waals surface area contributed by atoms with Gasteiger partial charge in [0, 0.05) is 12.1 Å². The van der Waals surface area contributed by atoms with Crippen molar-refractivity contribution in [1.29, 1.82) is 0 Å². The van der Waals surface area contributed by atoms with Gasteiger partial charge in [-0.2, -0.15) is 0 Å². The number of benzene rings is 1. The van der Waals surface area contributed by atoms with Gasteiger partial charge in [-0.25, -0.2) is 8.78 Å². The summed E-state index contributed by atoms with van der Waals surface area (Å²) < 4.78 is 30.6. The number of halogens is 2. The van der Waals surface area contributed by atoms with E-state index >= 15 is 0 Å². The first-order chi connectivity index (χ1) is 8.08. The number of nitrogen functional groups attached to an aromatic ring is 1. The van der Waals surface area contributed by atoms with Crippen molar-refractivity contribution in [3.8, 4) is 0 Å². The molecule has 2 aromatic rings. The van der Waals surface area contributed by atoms with Crippen LogP contribution in [0.4, 0.5) is 20.2 Å². The van der Waals surface area contributed by atoms with Crippen molar-refractivity contribution in [1.82, 2.24) is 5.16 Å². The number of carbonyl (C=O) groups is 1. The van der Waals surface area contributed by atoms with Crippen LogP contribution in [0.3, 0.4) is 0 Å². The monoisotopic (exact) mass is 239 g/mol. The standard InChI is InChI=1S/C10H7F2N3O2/c11-5-3-6(12)9(4-7(5)13)14-10(16)8-1-2-17-15-8/h1-4H,13H2,(H,14,16). The highest BCUT2D eigenvalue weighted by atomic mass is 19.1. The van der Waals surface area contributed by atoms with Crippen LogP contribution in [0.5, 0.6) is 0 Å². The average molecular weight is 239 g/mol. The molecule has 2 rings (SSSR count). The van der Waals surface area contributed by atoms with Crippen molar-refractivity contribution in [3.05, 3.63) is 41.8 Å². The van der Waals surface area contributed by atoms with E-state index in [9.17, 15) is 13.6 Å². The fraction of sp³-hybridized carbons (Fsp3) is 0. The number of amides is 1. The van der Waals surface area contributed by atoms with Crippen molar-refractivity contribution in [2.75, 3.05) is 11.1 Å². The molecule has 88 valence electrons. The van der Waals surface area contributed by atoms with E-state index in [1.165, 1.54) is 12.3 Å². The zero-order chi connectivity index (χ0) is 12.4. The van der Waals surface area contributed by atoms with Crippen LogP contribution in [-0.4, -0.2) is 11.1 Å². The minimum absolute atomic E-state index is 0.0210. The fourth-order valence-electron chi connectivity index (χ4n) is 1.18. The number of anilines is 2. The summed E-state index contributed by atoms with van der Waals surface area (Å²) in [6.07, 6.45) is 1.20. The van der Waals surface area contributed by atoms with Crippen molar-refractivity contribution in [2.45, 2.75) is 0 Å². The lowest BCUT2D eigenvalue weighted by Gasteiger charge is -2.06. The van der Waals surface area contributed by atoms with E-state index in [-0.39, 0.29) is 17.1 Å². The Bertz CT molecular complexity index is 555. The van der Waals surface area contributed by atoms with Gasteiger partial charge in [0.2, 0.25) is 0 Å². The number of aromatic nitrogens is 1. The predicted octanol–water partition coefficient (Wildman–Crippen LogP) is 1.79. The third-order valence-electron chi connectivity index (χ3n) is 2.01. The molecule has 0 atom stereocenters. The second-order valence-electron chi connectivity index (χ2n) is 3.19. The van der Waals surface area contributed by atoms with Crippen molar-refractivity contribution in [3.63, 3.8) is 0 Å². The molecule has 0 aliphatic rings. The van der Waals surface area contributed by atoms with Gasteiger partial charge in [0.05, 0.1) is 11.4 Å². The van der Waals surface area contributed by atoms with E-state index in [0.717, 1.165) is 6.07 Å². The molecule has 3 N–H and O–H groups in total. The smallest absolute Gasteiger partial charge is 0.277 e. The van der Waals surface area contributed by atoms with Gasteiger partial charge in [0.25, 0.3) is 5.91 Å². The molecular weight excluding hydrogens is 232 g/mol. The number of carbonyl (C=O) groups excluding carboxylic acids is 1. The molecule has 5 nitrogen and oxygen atoms in total. The van der Waals surface area contributed by atoms with E-state index in [2.05, 4.69) is 15.0 Å². The Morgan fingerprint density at radius 1 is 1.35 bits per heavy atom. The van der Waals surface area contributed by atoms with Gasteiger partial charge in [0.1, 0.15) is 17.9 Å². The summed E-state index contributed by atoms with van der Waals surface area (Å²) in [4.78, 5) is 11.5. The highest BCUT2D eigenvalue weighted by molar-refractivity contribution is 6.02. The molecule has 0 unspecified atom stereocenters. The molecule has 17 heavy (non-hydrogen) atoms. The van der Waals surface area contributed by atoms with E-state index in [4.69, 9.17) is 5.73 Å². The Morgan fingerprint density at radius 3 is 2.76 bits per heavy atom. The Morgan fingerprint density at radius 2 is 2.12 bits per heavy atom. The minimum Gasteiger partial charge on any atom is -0.396 e. The Balaban J connectivity index is 2.25. The largest absolute Gasteiger partial charge is 0.396 e. The highest BCUT2D eigenvalue weighted by Crippen LogP contribution is 2.21. The number of hydrogen-bond acceptors (Lipinski definition) is 4. The number of nitrogens with two attached hydrogens (primary N) is 1. The third kappa shape index (κ3) is 2.22. The molecule has 0 radical (unpaired) electrons. The van der Waals surface area contributed by atoms with Gasteiger partial charge >= 0.3 is 0 Å². The molecule has 1 heterocycles. The molecule has 0 spiro atoms. The molecule has 0 saturated carbocycles. The molecule has 1 aromatic heterocycles. The Kier molecular flexibility index (Phi) is 2.73. The quantitative estimate of drug-likeness (QED) is 0.783. The Labute approximate surface area is 94.2 Å². The predicted molar refractivity (Wildman–Crippen MR) is 55.2 cm³/mol. The summed E-state index contributed by atoms with van der Waals surface area (Å²) in [5, 5.41) is 5.56. The van der Waals surface area contributed by atoms with Gasteiger partial charge in [0.15, 0.2) is 5.69 Å². The molecule has 0 aliphatic heterocycles. The molecule has 1 amide bonds. The molecular formula is C10H7F2N3O2. The second-order valence-corrected chi connectivity index (χ2v) is 3.19. The van der Waals surface area contributed by atoms with Crippen molar-refractivity contribution in [2.24, 2.45) is 0 Å². The first-order valence-corrected chi connectivity index (χ1v) is 4.54. The van der Waals surface area contributed by atoms with Gasteiger partial charge in [-0.15, -0.1) is 0 Å². The van der Waals surface area contributed by atoms with Gasteiger partial charge in [-0.3, -0.25) is 4.79 Å². The number of nitrogens with zero attached hydrogens (tertiary/aromatic N) is 1. The van der Waals surface area contributed by atoms with Gasteiger partial charge in [-0.1, -0.05) is 5.16 Å². The first kappa shape index (κ1) is 11.1. The van der Waals surface area contributed by atoms with Crippen LogP contribution in [0.25, 0.3) is 0 Å². The maximum atomic E-state index is 13.3. The van der Waals surface area contributed by atoms with E-state index < -0.39 is 17.5 Å². The maximum Gasteiger partial charge on any atom is 0.277 e. The van der Waals surface area contributed by atoms with Crippen LogP contribution in [0.2, 0.25) is 0 Å². The normalized spacial score (nSPS) is 10.2. The summed E-state index contributed by atoms with van der Waals surface area (Å²) >= 11 is 0. The van der Waals surface area contributed by atoms with Crippen LogP contribution in [0.15, 0.2) is 29.0 Å². The van der Waals surface area contributed by atoms with Crippen LogP contribution < -0.4 is 11.1 Å². The van der Waals surface area contributed by atoms with Crippen LogP contribution in [0.1, 0.15) is 10.5 Å². The first-order valence-electron chi connectivity index (χ1n) is 4.54. The molecule has 0 fully saturated rings. The number of hydrogen-bond donors (Lipinski definition) is 2. The zero-order valence-corrected chi connectivity index (χ0v) is 8.41. The molecule has 0 bridgehead atoms. The summed E-state index contributed by atoms with van der Waals surface area (Å²) in [6.45, 7) is 0. The van der Waals surface area contributed by atoms with Crippen LogP contribution in [-0.2, 0) is 0 Å². The molecule has 1 aromatic carbocycles. The highest BCUT2D eigenvalue weighted by Gasteiger charge is 2.13. The van der Waals surface area contributed by atoms with Crippen LogP contribution in [0, 0.1) is 11.6 Å². The number of rotatable bonds is 2. The molecule has 0 aliphatic carbocycles. The van der Waals surface area contributed by atoms with Crippen molar-refractivity contribution < 1.29 is 18.1 Å².